The molecule has 22 heavy (non-hydrogen) atoms. The lowest BCUT2D eigenvalue weighted by atomic mass is 10.1. The summed E-state index contributed by atoms with van der Waals surface area (Å²) >= 11 is 0. The van der Waals surface area contributed by atoms with Crippen molar-refractivity contribution in [3.05, 3.63) is 48.2 Å². The van der Waals surface area contributed by atoms with Gasteiger partial charge in [-0.3, -0.25) is 4.79 Å². The van der Waals surface area contributed by atoms with E-state index in [-0.39, 0.29) is 17.4 Å². The topological polar surface area (TPSA) is 98.7 Å². The van der Waals surface area contributed by atoms with Crippen LogP contribution in [0.15, 0.2) is 41.2 Å². The molecular formula is C13H11FN6O2. The number of carbonyl (C=O) groups is 1. The van der Waals surface area contributed by atoms with Crippen LogP contribution < -0.4 is 5.32 Å². The minimum atomic E-state index is -0.378. The number of aromatic nitrogens is 5. The number of rotatable bonds is 5. The van der Waals surface area contributed by atoms with E-state index in [0.717, 1.165) is 0 Å². The first-order valence-corrected chi connectivity index (χ1v) is 6.44. The molecule has 1 N–H and O–H groups in total. The molecule has 0 bridgehead atoms. The summed E-state index contributed by atoms with van der Waals surface area (Å²) in [5, 5.41) is 17.4. The Balaban J connectivity index is 1.60. The highest BCUT2D eigenvalue weighted by molar-refractivity contribution is 5.93. The molecule has 0 saturated carbocycles. The summed E-state index contributed by atoms with van der Waals surface area (Å²) < 4.78 is 18.0. The van der Waals surface area contributed by atoms with Gasteiger partial charge in [-0.15, -0.1) is 10.2 Å². The molecule has 1 amide bonds. The average molecular weight is 302 g/mol. The second-order valence-electron chi connectivity index (χ2n) is 4.37. The number of tetrazole rings is 1. The molecule has 0 spiro atoms. The van der Waals surface area contributed by atoms with Crippen LogP contribution >= 0.6 is 0 Å². The van der Waals surface area contributed by atoms with Gasteiger partial charge in [-0.1, -0.05) is 5.16 Å². The fraction of sp³-hybridized carbons (Fsp3) is 0.154. The number of benzene rings is 1. The Hall–Kier alpha value is -3.10. The van der Waals surface area contributed by atoms with Crippen molar-refractivity contribution in [1.82, 2.24) is 30.7 Å². The highest BCUT2D eigenvalue weighted by Gasteiger charge is 2.13. The third kappa shape index (κ3) is 3.14. The molecule has 0 aliphatic rings. The summed E-state index contributed by atoms with van der Waals surface area (Å²) in [7, 11) is 0. The zero-order valence-corrected chi connectivity index (χ0v) is 11.3. The van der Waals surface area contributed by atoms with Crippen LogP contribution in [0, 0.1) is 5.82 Å². The van der Waals surface area contributed by atoms with E-state index in [1.165, 1.54) is 29.3 Å². The Morgan fingerprint density at radius 1 is 1.32 bits per heavy atom. The van der Waals surface area contributed by atoms with Gasteiger partial charge < -0.3 is 9.84 Å². The Morgan fingerprint density at radius 2 is 2.14 bits per heavy atom. The van der Waals surface area contributed by atoms with E-state index in [4.69, 9.17) is 4.52 Å². The Bertz CT molecular complexity index is 753. The number of hydrogen-bond donors (Lipinski definition) is 1. The zero-order chi connectivity index (χ0) is 15.4. The Morgan fingerprint density at radius 3 is 2.86 bits per heavy atom. The van der Waals surface area contributed by atoms with Crippen molar-refractivity contribution < 1.29 is 13.7 Å². The maximum absolute atomic E-state index is 12.9. The van der Waals surface area contributed by atoms with E-state index in [0.29, 0.717) is 24.4 Å². The standard InChI is InChI=1S/C13H11FN6O2/c14-10-3-1-9(2-4-10)12-7-11(18-22-12)13(21)15-5-6-20-17-8-16-19-20/h1-4,7-8H,5-6H2,(H,15,21). The molecule has 0 aliphatic carbocycles. The van der Waals surface area contributed by atoms with Gasteiger partial charge in [0, 0.05) is 18.2 Å². The lowest BCUT2D eigenvalue weighted by Gasteiger charge is -2.00. The third-order valence-corrected chi connectivity index (χ3v) is 2.86. The fourth-order valence-electron chi connectivity index (χ4n) is 1.78. The predicted molar refractivity (Wildman–Crippen MR) is 72.0 cm³/mol. The largest absolute Gasteiger partial charge is 0.355 e. The highest BCUT2D eigenvalue weighted by Crippen LogP contribution is 2.20. The summed E-state index contributed by atoms with van der Waals surface area (Å²) in [6.07, 6.45) is 1.31. The van der Waals surface area contributed by atoms with Crippen molar-refractivity contribution in [3.8, 4) is 11.3 Å². The van der Waals surface area contributed by atoms with Gasteiger partial charge in [-0.05, 0) is 29.5 Å². The van der Waals surface area contributed by atoms with E-state index in [2.05, 4.69) is 25.9 Å². The highest BCUT2D eigenvalue weighted by atomic mass is 19.1. The van der Waals surface area contributed by atoms with Crippen LogP contribution in [0.5, 0.6) is 0 Å². The van der Waals surface area contributed by atoms with Gasteiger partial charge in [0.2, 0.25) is 0 Å². The normalized spacial score (nSPS) is 10.6. The molecule has 112 valence electrons. The van der Waals surface area contributed by atoms with Crippen molar-refractivity contribution >= 4 is 5.91 Å². The lowest BCUT2D eigenvalue weighted by Crippen LogP contribution is -2.28. The first kappa shape index (κ1) is 13.9. The first-order valence-electron chi connectivity index (χ1n) is 6.44. The maximum Gasteiger partial charge on any atom is 0.273 e. The molecule has 9 heteroatoms. The number of hydrogen-bond acceptors (Lipinski definition) is 6. The summed E-state index contributed by atoms with van der Waals surface area (Å²) in [5.41, 5.74) is 0.783. The molecule has 2 heterocycles. The van der Waals surface area contributed by atoms with Crippen LogP contribution in [-0.4, -0.2) is 37.8 Å². The monoisotopic (exact) mass is 302 g/mol. The number of halogens is 1. The molecule has 1 aromatic carbocycles. The molecule has 0 radical (unpaired) electrons. The molecule has 0 saturated heterocycles. The third-order valence-electron chi connectivity index (χ3n) is 2.86. The summed E-state index contributed by atoms with van der Waals surface area (Å²) in [4.78, 5) is 13.3. The molecule has 8 nitrogen and oxygen atoms in total. The molecule has 0 aliphatic heterocycles. The van der Waals surface area contributed by atoms with E-state index >= 15 is 0 Å². The summed E-state index contributed by atoms with van der Waals surface area (Å²) in [5.74, 6) is -0.330. The molecular weight excluding hydrogens is 291 g/mol. The van der Waals surface area contributed by atoms with E-state index in [1.54, 1.807) is 12.1 Å². The minimum Gasteiger partial charge on any atom is -0.355 e. The maximum atomic E-state index is 12.9. The second-order valence-corrected chi connectivity index (χ2v) is 4.37. The molecule has 2 aromatic heterocycles. The molecule has 0 atom stereocenters. The zero-order valence-electron chi connectivity index (χ0n) is 11.3. The number of nitrogens with zero attached hydrogens (tertiary/aromatic N) is 5. The number of amides is 1. The smallest absolute Gasteiger partial charge is 0.273 e. The molecule has 3 aromatic rings. The van der Waals surface area contributed by atoms with Gasteiger partial charge in [0.25, 0.3) is 5.91 Å². The SMILES string of the molecule is O=C(NCCn1ncnn1)c1cc(-c2ccc(F)cc2)on1. The van der Waals surface area contributed by atoms with Crippen molar-refractivity contribution in [2.45, 2.75) is 6.54 Å². The van der Waals surface area contributed by atoms with E-state index < -0.39 is 0 Å². The van der Waals surface area contributed by atoms with Crippen molar-refractivity contribution in [2.75, 3.05) is 6.54 Å². The van der Waals surface area contributed by atoms with Crippen LogP contribution in [-0.2, 0) is 6.54 Å². The van der Waals surface area contributed by atoms with Crippen LogP contribution in [0.1, 0.15) is 10.5 Å². The average Bonchev–Trinajstić information content (AvgIpc) is 3.19. The van der Waals surface area contributed by atoms with Gasteiger partial charge in [-0.2, -0.15) is 4.80 Å². The van der Waals surface area contributed by atoms with Gasteiger partial charge in [0.1, 0.15) is 5.82 Å². The lowest BCUT2D eigenvalue weighted by molar-refractivity contribution is 0.0942. The fourth-order valence-corrected chi connectivity index (χ4v) is 1.78. The van der Waals surface area contributed by atoms with Crippen LogP contribution in [0.3, 0.4) is 0 Å². The first-order chi connectivity index (χ1) is 10.7. The van der Waals surface area contributed by atoms with Crippen LogP contribution in [0.4, 0.5) is 4.39 Å². The van der Waals surface area contributed by atoms with Gasteiger partial charge >= 0.3 is 0 Å². The van der Waals surface area contributed by atoms with E-state index in [9.17, 15) is 9.18 Å². The van der Waals surface area contributed by atoms with E-state index in [1.807, 2.05) is 0 Å². The molecule has 3 rings (SSSR count). The van der Waals surface area contributed by atoms with Gasteiger partial charge in [-0.25, -0.2) is 4.39 Å². The summed E-state index contributed by atoms with van der Waals surface area (Å²) in [6.45, 7) is 0.725. The predicted octanol–water partition coefficient (Wildman–Crippen LogP) is 0.897. The minimum absolute atomic E-state index is 0.144. The van der Waals surface area contributed by atoms with Crippen LogP contribution in [0.2, 0.25) is 0 Å². The van der Waals surface area contributed by atoms with Gasteiger partial charge in [0.15, 0.2) is 17.8 Å². The number of carbonyl (C=O) groups excluding carboxylic acids is 1. The van der Waals surface area contributed by atoms with Gasteiger partial charge in [0.05, 0.1) is 6.54 Å². The van der Waals surface area contributed by atoms with Crippen LogP contribution in [0.25, 0.3) is 11.3 Å². The van der Waals surface area contributed by atoms with Crippen molar-refractivity contribution in [1.29, 1.82) is 0 Å². The molecule has 0 unspecified atom stereocenters. The molecule has 0 fully saturated rings. The number of nitrogens with one attached hydrogen (secondary N) is 1. The Kier molecular flexibility index (Phi) is 3.86. The van der Waals surface area contributed by atoms with Crippen molar-refractivity contribution in [2.24, 2.45) is 0 Å². The quantitative estimate of drug-likeness (QED) is 0.751. The Labute approximate surface area is 123 Å². The van der Waals surface area contributed by atoms with Crippen molar-refractivity contribution in [3.63, 3.8) is 0 Å². The second kappa shape index (κ2) is 6.12. The summed E-state index contributed by atoms with van der Waals surface area (Å²) in [6, 6.07) is 7.21.